The monoisotopic (exact) mass is 346 g/mol. The highest BCUT2D eigenvalue weighted by Crippen LogP contribution is 2.34. The number of hydrogen-bond donors (Lipinski definition) is 2. The second kappa shape index (κ2) is 7.81. The highest BCUT2D eigenvalue weighted by molar-refractivity contribution is 9.10. The zero-order valence-corrected chi connectivity index (χ0v) is 12.4. The van der Waals surface area contributed by atoms with E-state index >= 15 is 0 Å². The van der Waals surface area contributed by atoms with Crippen molar-refractivity contribution in [3.63, 3.8) is 0 Å². The summed E-state index contributed by atoms with van der Waals surface area (Å²) >= 11 is 3.16. The van der Waals surface area contributed by atoms with Gasteiger partial charge < -0.3 is 15.2 Å². The Bertz CT molecular complexity index is 495. The highest BCUT2D eigenvalue weighted by Gasteiger charge is 2.22. The van der Waals surface area contributed by atoms with Gasteiger partial charge in [0.2, 0.25) is 5.75 Å². The first-order chi connectivity index (χ1) is 9.47. The van der Waals surface area contributed by atoms with E-state index in [0.29, 0.717) is 11.0 Å². The molecule has 1 rings (SSSR count). The minimum atomic E-state index is -1.06. The number of nitro benzene ring substituents is 1. The molecule has 0 aliphatic heterocycles. The van der Waals surface area contributed by atoms with E-state index in [1.807, 2.05) is 6.92 Å². The van der Waals surface area contributed by atoms with Gasteiger partial charge in [-0.2, -0.15) is 0 Å². The number of rotatable bonds is 8. The van der Waals surface area contributed by atoms with Crippen LogP contribution in [0.3, 0.4) is 0 Å². The van der Waals surface area contributed by atoms with Gasteiger partial charge in [-0.15, -0.1) is 0 Å². The maximum atomic E-state index is 11.0. The number of hydrogen-bond acceptors (Lipinski definition) is 5. The third-order valence-electron chi connectivity index (χ3n) is 2.48. The first-order valence-electron chi connectivity index (χ1n) is 5.99. The van der Waals surface area contributed by atoms with E-state index in [1.54, 1.807) is 6.07 Å². The Balaban J connectivity index is 2.82. The van der Waals surface area contributed by atoms with E-state index in [0.717, 1.165) is 6.42 Å². The number of nitrogens with zero attached hydrogens (tertiary/aromatic N) is 1. The van der Waals surface area contributed by atoms with Crippen molar-refractivity contribution in [2.24, 2.45) is 0 Å². The van der Waals surface area contributed by atoms with Crippen LogP contribution < -0.4 is 10.1 Å². The third-order valence-corrected chi connectivity index (χ3v) is 3.10. The first-order valence-corrected chi connectivity index (χ1v) is 6.78. The average Bonchev–Trinajstić information content (AvgIpc) is 2.39. The number of nitrogens with one attached hydrogen (secondary N) is 1. The standard InChI is InChI=1S/C12H15BrN2O5/c1-2-6-14-9(12(16)17)7-20-11-8(13)4-3-5-10(11)15(18)19/h3-5,9,14H,2,6-7H2,1H3,(H,16,17). The lowest BCUT2D eigenvalue weighted by Crippen LogP contribution is -2.41. The summed E-state index contributed by atoms with van der Waals surface area (Å²) in [7, 11) is 0. The van der Waals surface area contributed by atoms with E-state index < -0.39 is 16.9 Å². The smallest absolute Gasteiger partial charge is 0.324 e. The molecule has 0 bridgehead atoms. The Labute approximate surface area is 124 Å². The number of nitro groups is 1. The Morgan fingerprint density at radius 2 is 2.30 bits per heavy atom. The lowest BCUT2D eigenvalue weighted by Gasteiger charge is -2.15. The topological polar surface area (TPSA) is 102 Å². The molecule has 0 fully saturated rings. The van der Waals surface area contributed by atoms with Crippen molar-refractivity contribution in [3.8, 4) is 5.75 Å². The maximum absolute atomic E-state index is 11.0. The van der Waals surface area contributed by atoms with Gasteiger partial charge in [0, 0.05) is 6.07 Å². The second-order valence-corrected chi connectivity index (χ2v) is 4.86. The highest BCUT2D eigenvalue weighted by atomic mass is 79.9. The minimum Gasteiger partial charge on any atom is -0.484 e. The van der Waals surface area contributed by atoms with Gasteiger partial charge in [-0.05, 0) is 35.0 Å². The number of carbonyl (C=O) groups is 1. The third kappa shape index (κ3) is 4.46. The van der Waals surface area contributed by atoms with Crippen molar-refractivity contribution in [1.82, 2.24) is 5.32 Å². The molecule has 1 atom stereocenters. The molecule has 1 aromatic carbocycles. The molecule has 0 aromatic heterocycles. The zero-order chi connectivity index (χ0) is 15.1. The van der Waals surface area contributed by atoms with Gasteiger partial charge in [0.05, 0.1) is 9.40 Å². The minimum absolute atomic E-state index is 0.0297. The normalized spacial score (nSPS) is 11.9. The predicted molar refractivity (Wildman–Crippen MR) is 76.0 cm³/mol. The summed E-state index contributed by atoms with van der Waals surface area (Å²) in [5, 5.41) is 22.7. The van der Waals surface area contributed by atoms with Crippen LogP contribution in [0.15, 0.2) is 22.7 Å². The van der Waals surface area contributed by atoms with Crippen molar-refractivity contribution in [2.45, 2.75) is 19.4 Å². The van der Waals surface area contributed by atoms with Crippen LogP contribution in [0.25, 0.3) is 0 Å². The molecule has 0 saturated heterocycles. The lowest BCUT2D eigenvalue weighted by atomic mass is 10.3. The molecular formula is C12H15BrN2O5. The molecule has 0 radical (unpaired) electrons. The fourth-order valence-corrected chi connectivity index (χ4v) is 1.96. The fraction of sp³-hybridized carbons (Fsp3) is 0.417. The Morgan fingerprint density at radius 3 is 2.85 bits per heavy atom. The quantitative estimate of drug-likeness (QED) is 0.552. The second-order valence-electron chi connectivity index (χ2n) is 4.00. The zero-order valence-electron chi connectivity index (χ0n) is 10.8. The fourth-order valence-electron chi connectivity index (χ4n) is 1.49. The van der Waals surface area contributed by atoms with Crippen LogP contribution >= 0.6 is 15.9 Å². The van der Waals surface area contributed by atoms with E-state index in [1.165, 1.54) is 12.1 Å². The molecule has 0 aliphatic rings. The molecule has 0 spiro atoms. The molecule has 0 saturated carbocycles. The van der Waals surface area contributed by atoms with Crippen LogP contribution in [0.5, 0.6) is 5.75 Å². The van der Waals surface area contributed by atoms with Crippen molar-refractivity contribution in [3.05, 3.63) is 32.8 Å². The van der Waals surface area contributed by atoms with Crippen LogP contribution in [-0.2, 0) is 4.79 Å². The molecule has 0 aliphatic carbocycles. The van der Waals surface area contributed by atoms with Gasteiger partial charge in [-0.3, -0.25) is 14.9 Å². The number of para-hydroxylation sites is 1. The van der Waals surface area contributed by atoms with Gasteiger partial charge in [-0.1, -0.05) is 13.0 Å². The van der Waals surface area contributed by atoms with Crippen molar-refractivity contribution in [1.29, 1.82) is 0 Å². The Kier molecular flexibility index (Phi) is 6.40. The van der Waals surface area contributed by atoms with Gasteiger partial charge in [0.25, 0.3) is 0 Å². The maximum Gasteiger partial charge on any atom is 0.324 e. The number of ether oxygens (including phenoxy) is 1. The molecule has 110 valence electrons. The average molecular weight is 347 g/mol. The number of halogens is 1. The predicted octanol–water partition coefficient (Wildman–Crippen LogP) is 2.19. The number of carboxylic acids is 1. The van der Waals surface area contributed by atoms with E-state index in [9.17, 15) is 14.9 Å². The molecular weight excluding hydrogens is 332 g/mol. The Morgan fingerprint density at radius 1 is 1.60 bits per heavy atom. The van der Waals surface area contributed by atoms with E-state index in [4.69, 9.17) is 9.84 Å². The summed E-state index contributed by atoms with van der Waals surface area (Å²) < 4.78 is 5.73. The Hall–Kier alpha value is -1.67. The van der Waals surface area contributed by atoms with Crippen LogP contribution in [0.4, 0.5) is 5.69 Å². The molecule has 8 heteroatoms. The summed E-state index contributed by atoms with van der Waals surface area (Å²) in [6.45, 7) is 2.24. The van der Waals surface area contributed by atoms with Crippen LogP contribution in [-0.4, -0.2) is 35.2 Å². The molecule has 1 unspecified atom stereocenters. The summed E-state index contributed by atoms with van der Waals surface area (Å²) in [6, 6.07) is 3.49. The summed E-state index contributed by atoms with van der Waals surface area (Å²) in [6.07, 6.45) is 0.777. The summed E-state index contributed by atoms with van der Waals surface area (Å²) in [5.74, 6) is -1.03. The number of carboxylic acid groups (broad SMARTS) is 1. The van der Waals surface area contributed by atoms with Crippen molar-refractivity contribution >= 4 is 27.6 Å². The molecule has 0 heterocycles. The first kappa shape index (κ1) is 16.4. The van der Waals surface area contributed by atoms with Gasteiger partial charge >= 0.3 is 11.7 Å². The van der Waals surface area contributed by atoms with Gasteiger partial charge in [0.15, 0.2) is 0 Å². The van der Waals surface area contributed by atoms with Crippen molar-refractivity contribution < 1.29 is 19.6 Å². The molecule has 20 heavy (non-hydrogen) atoms. The largest absolute Gasteiger partial charge is 0.484 e. The molecule has 2 N–H and O–H groups in total. The SMILES string of the molecule is CCCNC(COc1c(Br)cccc1[N+](=O)[O-])C(=O)O. The molecule has 7 nitrogen and oxygen atoms in total. The summed E-state index contributed by atoms with van der Waals surface area (Å²) in [5.41, 5.74) is -0.209. The van der Waals surface area contributed by atoms with Crippen LogP contribution in [0.1, 0.15) is 13.3 Å². The molecule has 1 aromatic rings. The van der Waals surface area contributed by atoms with E-state index in [2.05, 4.69) is 21.2 Å². The van der Waals surface area contributed by atoms with Gasteiger partial charge in [-0.25, -0.2) is 0 Å². The summed E-state index contributed by atoms with van der Waals surface area (Å²) in [4.78, 5) is 21.4. The lowest BCUT2D eigenvalue weighted by molar-refractivity contribution is -0.386. The number of aliphatic carboxylic acids is 1. The van der Waals surface area contributed by atoms with Crippen LogP contribution in [0.2, 0.25) is 0 Å². The number of benzene rings is 1. The van der Waals surface area contributed by atoms with E-state index in [-0.39, 0.29) is 18.0 Å². The van der Waals surface area contributed by atoms with Crippen LogP contribution in [0, 0.1) is 10.1 Å². The van der Waals surface area contributed by atoms with Crippen molar-refractivity contribution in [2.75, 3.05) is 13.2 Å². The molecule has 0 amide bonds. The van der Waals surface area contributed by atoms with Gasteiger partial charge in [0.1, 0.15) is 12.6 Å².